The fourth-order valence-electron chi connectivity index (χ4n) is 1.31. The van der Waals surface area contributed by atoms with Crippen molar-refractivity contribution in [3.8, 4) is 0 Å². The lowest BCUT2D eigenvalue weighted by Crippen LogP contribution is -1.83. The Bertz CT molecular complexity index is 103. The minimum atomic E-state index is 1.14. The second-order valence-electron chi connectivity index (χ2n) is 3.57. The lowest BCUT2D eigenvalue weighted by molar-refractivity contribution is 0.646. The molecule has 0 aliphatic heterocycles. The summed E-state index contributed by atoms with van der Waals surface area (Å²) in [4.78, 5) is 0. The van der Waals surface area contributed by atoms with E-state index < -0.39 is 0 Å². The van der Waals surface area contributed by atoms with Crippen molar-refractivity contribution in [3.05, 3.63) is 12.2 Å². The number of unbranched alkanes of at least 4 members (excludes halogenated alkanes) is 4. The van der Waals surface area contributed by atoms with E-state index >= 15 is 0 Å². The fraction of sp³-hybridized carbons (Fsp3) is 0.833. The van der Waals surface area contributed by atoms with Crippen molar-refractivity contribution in [1.82, 2.24) is 0 Å². The van der Waals surface area contributed by atoms with Crippen LogP contribution in [0.25, 0.3) is 0 Å². The first-order chi connectivity index (χ1) is 5.81. The molecule has 0 aromatic rings. The molecule has 0 rings (SSSR count). The highest BCUT2D eigenvalue weighted by Gasteiger charge is 1.94. The molecule has 0 aliphatic rings. The molecular weight excluding hydrogens is 144 g/mol. The lowest BCUT2D eigenvalue weighted by atomic mass is 10.0. The van der Waals surface area contributed by atoms with Crippen LogP contribution in [0.4, 0.5) is 0 Å². The van der Waals surface area contributed by atoms with E-state index in [0.29, 0.717) is 0 Å². The molecule has 0 aliphatic carbocycles. The minimum absolute atomic E-state index is 1.14. The third-order valence-electron chi connectivity index (χ3n) is 2.20. The van der Waals surface area contributed by atoms with Crippen molar-refractivity contribution in [1.29, 1.82) is 0 Å². The van der Waals surface area contributed by atoms with Crippen LogP contribution < -0.4 is 0 Å². The maximum Gasteiger partial charge on any atom is -0.0317 e. The molecule has 71 valence electrons. The highest BCUT2D eigenvalue weighted by molar-refractivity contribution is 4.90. The lowest BCUT2D eigenvalue weighted by Gasteiger charge is -2.03. The molecule has 0 spiro atoms. The summed E-state index contributed by atoms with van der Waals surface area (Å²) in [6, 6.07) is 0. The molecule has 0 amide bonds. The molecule has 0 unspecified atom stereocenters. The van der Waals surface area contributed by atoms with Gasteiger partial charge in [0, 0.05) is 0 Å². The van der Waals surface area contributed by atoms with Gasteiger partial charge in [-0.25, -0.2) is 0 Å². The Morgan fingerprint density at radius 2 is 1.42 bits per heavy atom. The van der Waals surface area contributed by atoms with Crippen LogP contribution in [0.1, 0.15) is 65.2 Å². The summed E-state index contributed by atoms with van der Waals surface area (Å²) < 4.78 is 0. The van der Waals surface area contributed by atoms with Gasteiger partial charge in [-0.05, 0) is 25.7 Å². The zero-order valence-corrected chi connectivity index (χ0v) is 8.73. The van der Waals surface area contributed by atoms with Gasteiger partial charge < -0.3 is 0 Å². The average molecular weight is 167 g/mol. The molecule has 0 aromatic carbocycles. The number of rotatable bonds is 8. The average Bonchev–Trinajstić information content (AvgIpc) is 2.09. The van der Waals surface area contributed by atoms with Gasteiger partial charge in [-0.15, -0.1) is 0 Å². The summed E-state index contributed by atoms with van der Waals surface area (Å²) in [5.74, 6) is 0. The quantitative estimate of drug-likeness (QED) is 0.467. The predicted molar refractivity (Wildman–Crippen MR) is 56.1 cm³/mol. The molecule has 0 nitrogen and oxygen atoms in total. The van der Waals surface area contributed by atoms with Crippen LogP contribution in [-0.2, 0) is 0 Å². The van der Waals surface area contributed by atoms with E-state index in [2.05, 4.69) is 13.8 Å². The monoisotopic (exact) mass is 167 g/mol. The molecule has 0 bridgehead atoms. The van der Waals surface area contributed by atoms with Gasteiger partial charge in [-0.1, -0.05) is 51.7 Å². The smallest absolute Gasteiger partial charge is 0.0317 e. The van der Waals surface area contributed by atoms with Crippen LogP contribution >= 0.6 is 0 Å². The zero-order chi connectivity index (χ0) is 9.23. The van der Waals surface area contributed by atoms with E-state index in [1.165, 1.54) is 44.1 Å². The maximum absolute atomic E-state index is 5.86. The molecule has 0 heterocycles. The molecule has 0 saturated carbocycles. The van der Waals surface area contributed by atoms with E-state index in [9.17, 15) is 0 Å². The molecular formula is C12H23. The summed E-state index contributed by atoms with van der Waals surface area (Å²) >= 11 is 0. The molecule has 0 fully saturated rings. The summed E-state index contributed by atoms with van der Waals surface area (Å²) in [5, 5.41) is 0. The van der Waals surface area contributed by atoms with Crippen LogP contribution in [0.2, 0.25) is 0 Å². The van der Waals surface area contributed by atoms with Gasteiger partial charge in [-0.3, -0.25) is 0 Å². The van der Waals surface area contributed by atoms with Crippen molar-refractivity contribution in [2.24, 2.45) is 0 Å². The van der Waals surface area contributed by atoms with E-state index in [0.717, 1.165) is 12.8 Å². The Hall–Kier alpha value is -0.260. The number of hydrogen-bond donors (Lipinski definition) is 0. The highest BCUT2D eigenvalue weighted by Crippen LogP contribution is 2.13. The van der Waals surface area contributed by atoms with E-state index in [1.54, 1.807) is 0 Å². The van der Waals surface area contributed by atoms with Gasteiger partial charge in [0.1, 0.15) is 0 Å². The zero-order valence-electron chi connectivity index (χ0n) is 8.73. The third kappa shape index (κ3) is 7.84. The predicted octanol–water partition coefficient (Wildman–Crippen LogP) is 4.51. The SMILES string of the molecule is [CH]=C(CCCC)CCCCCC. The van der Waals surface area contributed by atoms with Crippen LogP contribution in [-0.4, -0.2) is 0 Å². The number of allylic oxidation sites excluding steroid dienone is 1. The van der Waals surface area contributed by atoms with Crippen LogP contribution in [0, 0.1) is 6.58 Å². The Kier molecular flexibility index (Phi) is 8.64. The Labute approximate surface area is 78.1 Å². The summed E-state index contributed by atoms with van der Waals surface area (Å²) in [7, 11) is 0. The van der Waals surface area contributed by atoms with Crippen LogP contribution in [0.3, 0.4) is 0 Å². The first kappa shape index (κ1) is 11.7. The molecule has 0 saturated heterocycles. The molecule has 0 aromatic heterocycles. The van der Waals surface area contributed by atoms with Gasteiger partial charge in [0.2, 0.25) is 0 Å². The summed E-state index contributed by atoms with van der Waals surface area (Å²) in [5.41, 5.74) is 1.22. The highest BCUT2D eigenvalue weighted by atomic mass is 14.0. The molecule has 0 atom stereocenters. The van der Waals surface area contributed by atoms with Crippen LogP contribution in [0.15, 0.2) is 5.57 Å². The first-order valence-corrected chi connectivity index (χ1v) is 5.41. The van der Waals surface area contributed by atoms with Gasteiger partial charge in [-0.2, -0.15) is 0 Å². The van der Waals surface area contributed by atoms with Crippen molar-refractivity contribution in [3.63, 3.8) is 0 Å². The van der Waals surface area contributed by atoms with Gasteiger partial charge in [0.25, 0.3) is 0 Å². The number of hydrogen-bond acceptors (Lipinski definition) is 0. The summed E-state index contributed by atoms with van der Waals surface area (Å²) in [6.45, 7) is 10.3. The van der Waals surface area contributed by atoms with Gasteiger partial charge in [0.05, 0.1) is 0 Å². The molecule has 0 N–H and O–H groups in total. The van der Waals surface area contributed by atoms with E-state index in [1.807, 2.05) is 0 Å². The fourth-order valence-corrected chi connectivity index (χ4v) is 1.31. The molecule has 0 heteroatoms. The summed E-state index contributed by atoms with van der Waals surface area (Å²) in [6.07, 6.45) is 10.1. The largest absolute Gasteiger partial charge is 0.0702 e. The first-order valence-electron chi connectivity index (χ1n) is 5.41. The maximum atomic E-state index is 5.86. The minimum Gasteiger partial charge on any atom is -0.0702 e. The van der Waals surface area contributed by atoms with Crippen molar-refractivity contribution in [2.45, 2.75) is 65.2 Å². The van der Waals surface area contributed by atoms with Crippen molar-refractivity contribution >= 4 is 0 Å². The van der Waals surface area contributed by atoms with Crippen molar-refractivity contribution in [2.75, 3.05) is 0 Å². The Morgan fingerprint density at radius 3 is 2.00 bits per heavy atom. The topological polar surface area (TPSA) is 0 Å². The normalized spacial score (nSPS) is 10.2. The second kappa shape index (κ2) is 8.83. The second-order valence-corrected chi connectivity index (χ2v) is 3.57. The van der Waals surface area contributed by atoms with Gasteiger partial charge in [0.15, 0.2) is 0 Å². The van der Waals surface area contributed by atoms with Gasteiger partial charge >= 0.3 is 0 Å². The Morgan fingerprint density at radius 1 is 0.833 bits per heavy atom. The molecule has 1 radical (unpaired) electrons. The van der Waals surface area contributed by atoms with Crippen molar-refractivity contribution < 1.29 is 0 Å². The standard InChI is InChI=1S/C12H23/c1-4-6-8-9-11-12(3)10-7-5-2/h3H,4-11H2,1-2H3. The van der Waals surface area contributed by atoms with E-state index in [-0.39, 0.29) is 0 Å². The molecule has 12 heavy (non-hydrogen) atoms. The van der Waals surface area contributed by atoms with Crippen LogP contribution in [0.5, 0.6) is 0 Å². The third-order valence-corrected chi connectivity index (χ3v) is 2.20. The Balaban J connectivity index is 3.08. The van der Waals surface area contributed by atoms with E-state index in [4.69, 9.17) is 6.58 Å².